The Labute approximate surface area is 183 Å². The summed E-state index contributed by atoms with van der Waals surface area (Å²) >= 11 is 0. The van der Waals surface area contributed by atoms with E-state index in [0.717, 1.165) is 11.3 Å². The minimum absolute atomic E-state index is 0.0364. The molecule has 32 heavy (non-hydrogen) atoms. The summed E-state index contributed by atoms with van der Waals surface area (Å²) in [4.78, 5) is 52.4. The number of carbonyl (C=O) groups excluding carboxylic acids is 1. The Balaban J connectivity index is 1.93. The fraction of sp³-hybridized carbons (Fsp3) is 0.350. The van der Waals surface area contributed by atoms with Crippen LogP contribution in [0.25, 0.3) is 0 Å². The van der Waals surface area contributed by atoms with E-state index in [0.29, 0.717) is 24.9 Å². The maximum atomic E-state index is 12.4. The molecule has 12 heteroatoms. The van der Waals surface area contributed by atoms with Gasteiger partial charge in [0.05, 0.1) is 5.56 Å². The highest BCUT2D eigenvalue weighted by atomic mass is 16.4. The first-order valence-electron chi connectivity index (χ1n) is 9.82. The lowest BCUT2D eigenvalue weighted by molar-refractivity contribution is -0.140. The molecule has 0 saturated carbocycles. The Morgan fingerprint density at radius 2 is 1.94 bits per heavy atom. The van der Waals surface area contributed by atoms with E-state index in [1.807, 2.05) is 0 Å². The van der Waals surface area contributed by atoms with Gasteiger partial charge in [0.2, 0.25) is 5.95 Å². The van der Waals surface area contributed by atoms with Crippen LogP contribution in [-0.4, -0.2) is 50.6 Å². The number of nitrogens with one attached hydrogen (secondary N) is 3. The number of nitrogen functional groups attached to an aromatic ring is 2. The number of benzene rings is 1. The van der Waals surface area contributed by atoms with Gasteiger partial charge in [-0.3, -0.25) is 19.4 Å². The number of aromatic amines is 1. The summed E-state index contributed by atoms with van der Waals surface area (Å²) in [6.07, 6.45) is 0.396. The fourth-order valence-corrected chi connectivity index (χ4v) is 3.03. The van der Waals surface area contributed by atoms with E-state index in [1.165, 1.54) is 6.07 Å². The van der Waals surface area contributed by atoms with E-state index >= 15 is 0 Å². The molecule has 1 aromatic heterocycles. The maximum Gasteiger partial charge on any atom is 0.326 e. The van der Waals surface area contributed by atoms with E-state index in [-0.39, 0.29) is 35.7 Å². The number of nitrogens with two attached hydrogens (primary N) is 2. The van der Waals surface area contributed by atoms with Crippen LogP contribution in [0.4, 0.5) is 17.5 Å². The molecule has 2 rings (SSSR count). The number of carbonyl (C=O) groups is 3. The molecule has 1 aromatic carbocycles. The van der Waals surface area contributed by atoms with Gasteiger partial charge in [0.15, 0.2) is 0 Å². The first-order valence-corrected chi connectivity index (χ1v) is 9.82. The molecule has 0 aliphatic rings. The molecule has 9 N–H and O–H groups in total. The number of rotatable bonds is 11. The molecular formula is C20H26N6O6. The lowest BCUT2D eigenvalue weighted by atomic mass is 10.1. The van der Waals surface area contributed by atoms with Crippen LogP contribution in [-0.2, 0) is 16.0 Å². The molecule has 2 aromatic rings. The number of hydrogen-bond acceptors (Lipinski definition) is 8. The van der Waals surface area contributed by atoms with Crippen LogP contribution in [0.2, 0.25) is 0 Å². The zero-order valence-electron chi connectivity index (χ0n) is 17.5. The van der Waals surface area contributed by atoms with E-state index in [1.54, 1.807) is 19.1 Å². The van der Waals surface area contributed by atoms with Gasteiger partial charge in [-0.25, -0.2) is 4.79 Å². The standard InChI is InChI=1S/C20H26N6O6/c1-10-9-11(17(29)24-14(19(31)32)6-7-15(27)28)4-5-13(10)23-8-2-3-12-16(21)25-20(22)26-18(12)30/h4-5,9,14,23H,2-3,6-8H2,1H3,(H,24,29)(H,27,28)(H,31,32)(H5,21,22,25,26,30)/t14-/m0/s1. The molecule has 0 aliphatic heterocycles. The first kappa shape index (κ1) is 24.2. The zero-order valence-corrected chi connectivity index (χ0v) is 17.5. The second-order valence-electron chi connectivity index (χ2n) is 7.17. The molecule has 1 heterocycles. The topological polar surface area (TPSA) is 214 Å². The number of H-pyrrole nitrogens is 1. The monoisotopic (exact) mass is 446 g/mol. The average molecular weight is 446 g/mol. The third kappa shape index (κ3) is 6.72. The quantitative estimate of drug-likeness (QED) is 0.235. The van der Waals surface area contributed by atoms with Crippen molar-refractivity contribution in [2.75, 3.05) is 23.3 Å². The van der Waals surface area contributed by atoms with Crippen LogP contribution in [0.5, 0.6) is 0 Å². The molecule has 0 aliphatic carbocycles. The molecule has 0 spiro atoms. The smallest absolute Gasteiger partial charge is 0.326 e. The second-order valence-corrected chi connectivity index (χ2v) is 7.17. The van der Waals surface area contributed by atoms with Crippen molar-refractivity contribution in [2.24, 2.45) is 0 Å². The van der Waals surface area contributed by atoms with Gasteiger partial charge in [-0.2, -0.15) is 4.98 Å². The van der Waals surface area contributed by atoms with Gasteiger partial charge in [0.1, 0.15) is 11.9 Å². The molecule has 0 unspecified atom stereocenters. The SMILES string of the molecule is Cc1cc(C(=O)N[C@@H](CCC(=O)O)C(=O)O)ccc1NCCCc1c(N)nc(N)[nH]c1=O. The number of amides is 1. The minimum atomic E-state index is -1.30. The molecule has 172 valence electrons. The van der Waals surface area contributed by atoms with Crippen LogP contribution in [0.3, 0.4) is 0 Å². The predicted octanol–water partition coefficient (Wildman–Crippen LogP) is 0.335. The van der Waals surface area contributed by atoms with Gasteiger partial charge in [-0.15, -0.1) is 0 Å². The van der Waals surface area contributed by atoms with Gasteiger partial charge >= 0.3 is 11.9 Å². The Kier molecular flexibility index (Phi) is 8.16. The third-order valence-corrected chi connectivity index (χ3v) is 4.72. The third-order valence-electron chi connectivity index (χ3n) is 4.72. The lowest BCUT2D eigenvalue weighted by Gasteiger charge is -2.15. The molecule has 1 atom stereocenters. The zero-order chi connectivity index (χ0) is 23.8. The van der Waals surface area contributed by atoms with Gasteiger partial charge in [0.25, 0.3) is 11.5 Å². The molecule has 0 fully saturated rings. The summed E-state index contributed by atoms with van der Waals surface area (Å²) in [5.41, 5.74) is 12.9. The fourth-order valence-electron chi connectivity index (χ4n) is 3.03. The van der Waals surface area contributed by atoms with Gasteiger partial charge in [0, 0.05) is 24.2 Å². The molecule has 0 bridgehead atoms. The van der Waals surface area contributed by atoms with E-state index in [9.17, 15) is 24.3 Å². The minimum Gasteiger partial charge on any atom is -0.481 e. The number of aromatic nitrogens is 2. The van der Waals surface area contributed by atoms with Crippen molar-refractivity contribution in [2.45, 2.75) is 38.6 Å². The number of anilines is 3. The normalized spacial score (nSPS) is 11.5. The predicted molar refractivity (Wildman–Crippen MR) is 117 cm³/mol. The van der Waals surface area contributed by atoms with Crippen LogP contribution >= 0.6 is 0 Å². The summed E-state index contributed by atoms with van der Waals surface area (Å²) in [5.74, 6) is -2.99. The summed E-state index contributed by atoms with van der Waals surface area (Å²) in [5, 5.41) is 23.4. The second kappa shape index (κ2) is 10.8. The highest BCUT2D eigenvalue weighted by Crippen LogP contribution is 2.17. The number of hydrogen-bond donors (Lipinski definition) is 7. The van der Waals surface area contributed by atoms with Crippen LogP contribution in [0.1, 0.15) is 40.7 Å². The van der Waals surface area contributed by atoms with Gasteiger partial charge in [-0.1, -0.05) is 0 Å². The number of carboxylic acids is 2. The molecule has 12 nitrogen and oxygen atoms in total. The highest BCUT2D eigenvalue weighted by molar-refractivity contribution is 5.97. The summed E-state index contributed by atoms with van der Waals surface area (Å²) in [6, 6.07) is 3.52. The number of aryl methyl sites for hydroxylation is 1. The lowest BCUT2D eigenvalue weighted by Crippen LogP contribution is -2.41. The summed E-state index contributed by atoms with van der Waals surface area (Å²) in [6.45, 7) is 2.30. The van der Waals surface area contributed by atoms with Crippen molar-refractivity contribution < 1.29 is 24.6 Å². The van der Waals surface area contributed by atoms with Crippen molar-refractivity contribution in [3.63, 3.8) is 0 Å². The van der Waals surface area contributed by atoms with Crippen LogP contribution in [0.15, 0.2) is 23.0 Å². The Hall–Kier alpha value is -4.09. The van der Waals surface area contributed by atoms with E-state index < -0.39 is 23.9 Å². The first-order chi connectivity index (χ1) is 15.1. The van der Waals surface area contributed by atoms with Crippen LogP contribution in [0, 0.1) is 6.92 Å². The Morgan fingerprint density at radius 3 is 2.53 bits per heavy atom. The molecule has 0 radical (unpaired) electrons. The van der Waals surface area contributed by atoms with Crippen molar-refractivity contribution in [1.82, 2.24) is 15.3 Å². The Bertz CT molecular complexity index is 1070. The maximum absolute atomic E-state index is 12.4. The van der Waals surface area contributed by atoms with Crippen molar-refractivity contribution in [3.8, 4) is 0 Å². The Morgan fingerprint density at radius 1 is 1.22 bits per heavy atom. The van der Waals surface area contributed by atoms with Crippen molar-refractivity contribution in [1.29, 1.82) is 0 Å². The highest BCUT2D eigenvalue weighted by Gasteiger charge is 2.21. The average Bonchev–Trinajstić information content (AvgIpc) is 2.70. The molecular weight excluding hydrogens is 420 g/mol. The van der Waals surface area contributed by atoms with E-state index in [2.05, 4.69) is 20.6 Å². The van der Waals surface area contributed by atoms with Gasteiger partial charge < -0.3 is 32.3 Å². The molecule has 1 amide bonds. The number of carboxylic acid groups (broad SMARTS) is 2. The van der Waals surface area contributed by atoms with Crippen LogP contribution < -0.4 is 27.7 Å². The van der Waals surface area contributed by atoms with Gasteiger partial charge in [-0.05, 0) is 49.9 Å². The molecule has 0 saturated heterocycles. The number of aliphatic carboxylic acids is 2. The largest absolute Gasteiger partial charge is 0.481 e. The number of nitrogens with zero attached hydrogens (tertiary/aromatic N) is 1. The van der Waals surface area contributed by atoms with Crippen molar-refractivity contribution in [3.05, 3.63) is 45.2 Å². The summed E-state index contributed by atoms with van der Waals surface area (Å²) < 4.78 is 0. The van der Waals surface area contributed by atoms with Crippen molar-refractivity contribution >= 4 is 35.3 Å². The van der Waals surface area contributed by atoms with E-state index in [4.69, 9.17) is 16.6 Å². The summed E-state index contributed by atoms with van der Waals surface area (Å²) in [7, 11) is 0.